The lowest BCUT2D eigenvalue weighted by Crippen LogP contribution is -2.34. The Morgan fingerprint density at radius 3 is 2.39 bits per heavy atom. The monoisotopic (exact) mass is 253 g/mol. The van der Waals surface area contributed by atoms with Crippen LogP contribution in [0.25, 0.3) is 0 Å². The van der Waals surface area contributed by atoms with Crippen molar-refractivity contribution >= 4 is 5.69 Å². The summed E-state index contributed by atoms with van der Waals surface area (Å²) in [4.78, 5) is 2.06. The van der Waals surface area contributed by atoms with Crippen LogP contribution < -0.4 is 9.64 Å². The van der Waals surface area contributed by atoms with Gasteiger partial charge in [0.05, 0.1) is 19.8 Å². The first-order valence-corrected chi connectivity index (χ1v) is 6.25. The van der Waals surface area contributed by atoms with Crippen molar-refractivity contribution in [1.82, 2.24) is 0 Å². The smallest absolute Gasteiger partial charge is 0.126 e. The molecule has 0 aliphatic carbocycles. The van der Waals surface area contributed by atoms with Crippen molar-refractivity contribution in [3.63, 3.8) is 0 Å². The Balaban J connectivity index is 3.28. The van der Waals surface area contributed by atoms with Gasteiger partial charge in [-0.05, 0) is 32.9 Å². The molecule has 4 nitrogen and oxygen atoms in total. The van der Waals surface area contributed by atoms with Gasteiger partial charge in [0.15, 0.2) is 0 Å². The van der Waals surface area contributed by atoms with Crippen molar-refractivity contribution in [2.45, 2.75) is 32.9 Å². The number of hydrogen-bond donors (Lipinski definition) is 2. The van der Waals surface area contributed by atoms with Gasteiger partial charge in [0.2, 0.25) is 0 Å². The van der Waals surface area contributed by atoms with E-state index in [2.05, 4.69) is 18.7 Å². The largest absolute Gasteiger partial charge is 0.496 e. The Morgan fingerprint density at radius 2 is 1.94 bits per heavy atom. The highest BCUT2D eigenvalue weighted by molar-refractivity contribution is 5.60. The lowest BCUT2D eigenvalue weighted by atomic mass is 10.0. The van der Waals surface area contributed by atoms with Crippen LogP contribution in [-0.4, -0.2) is 36.5 Å². The molecule has 18 heavy (non-hydrogen) atoms. The quantitative estimate of drug-likeness (QED) is 0.813. The summed E-state index contributed by atoms with van der Waals surface area (Å²) in [5, 5.41) is 19.1. The predicted molar refractivity (Wildman–Crippen MR) is 73.2 cm³/mol. The molecular formula is C14H23NO3. The molecule has 1 aromatic carbocycles. The van der Waals surface area contributed by atoms with Crippen LogP contribution in [0.3, 0.4) is 0 Å². The Kier molecular flexibility index (Phi) is 5.44. The highest BCUT2D eigenvalue weighted by Crippen LogP contribution is 2.35. The summed E-state index contributed by atoms with van der Waals surface area (Å²) < 4.78 is 5.31. The van der Waals surface area contributed by atoms with Crippen LogP contribution in [-0.2, 0) is 0 Å². The molecule has 0 radical (unpaired) electrons. The molecule has 1 aromatic rings. The van der Waals surface area contributed by atoms with Gasteiger partial charge in [-0.1, -0.05) is 6.07 Å². The molecule has 0 aliphatic heterocycles. The fourth-order valence-electron chi connectivity index (χ4n) is 2.15. The van der Waals surface area contributed by atoms with E-state index in [4.69, 9.17) is 9.84 Å². The van der Waals surface area contributed by atoms with Crippen LogP contribution in [0.2, 0.25) is 0 Å². The second kappa shape index (κ2) is 6.61. The number of anilines is 1. The van der Waals surface area contributed by atoms with E-state index >= 15 is 0 Å². The van der Waals surface area contributed by atoms with E-state index in [0.29, 0.717) is 12.3 Å². The zero-order valence-corrected chi connectivity index (χ0v) is 11.6. The molecule has 1 rings (SSSR count). The predicted octanol–water partition coefficient (Wildman–Crippen LogP) is 1.96. The number of aliphatic hydroxyl groups is 2. The van der Waals surface area contributed by atoms with E-state index in [1.165, 1.54) is 0 Å². The number of rotatable bonds is 6. The van der Waals surface area contributed by atoms with Crippen LogP contribution >= 0.6 is 0 Å². The van der Waals surface area contributed by atoms with Crippen molar-refractivity contribution in [1.29, 1.82) is 0 Å². The minimum absolute atomic E-state index is 0.0780. The first-order valence-electron chi connectivity index (χ1n) is 6.25. The van der Waals surface area contributed by atoms with Crippen LogP contribution in [0, 0.1) is 0 Å². The number of benzene rings is 1. The minimum atomic E-state index is -0.615. The summed E-state index contributed by atoms with van der Waals surface area (Å²) in [7, 11) is 1.59. The number of methoxy groups -OCH3 is 1. The normalized spacial score (nSPS) is 12.6. The number of aliphatic hydroxyl groups excluding tert-OH is 2. The lowest BCUT2D eigenvalue weighted by molar-refractivity contribution is 0.194. The zero-order chi connectivity index (χ0) is 13.7. The first kappa shape index (κ1) is 14.8. The van der Waals surface area contributed by atoms with Gasteiger partial charge in [0.1, 0.15) is 5.75 Å². The maximum absolute atomic E-state index is 9.95. The fourth-order valence-corrected chi connectivity index (χ4v) is 2.15. The zero-order valence-electron chi connectivity index (χ0n) is 11.6. The Morgan fingerprint density at radius 1 is 1.28 bits per heavy atom. The van der Waals surface area contributed by atoms with Gasteiger partial charge in [-0.25, -0.2) is 0 Å². The van der Waals surface area contributed by atoms with Crippen LogP contribution in [0.1, 0.15) is 32.4 Å². The van der Waals surface area contributed by atoms with Crippen LogP contribution in [0.5, 0.6) is 5.75 Å². The average molecular weight is 253 g/mol. The Labute approximate surface area is 109 Å². The van der Waals surface area contributed by atoms with Crippen molar-refractivity contribution in [2.24, 2.45) is 0 Å². The molecule has 0 saturated carbocycles. The Bertz CT molecular complexity index is 377. The van der Waals surface area contributed by atoms with Gasteiger partial charge in [-0.15, -0.1) is 0 Å². The summed E-state index contributed by atoms with van der Waals surface area (Å²) in [5.74, 6) is 0.672. The second-order valence-corrected chi connectivity index (χ2v) is 4.58. The van der Waals surface area contributed by atoms with Gasteiger partial charge in [0, 0.05) is 23.8 Å². The van der Waals surface area contributed by atoms with Crippen LogP contribution in [0.4, 0.5) is 5.69 Å². The molecule has 0 bridgehead atoms. The van der Waals surface area contributed by atoms with Gasteiger partial charge in [-0.3, -0.25) is 0 Å². The van der Waals surface area contributed by atoms with Gasteiger partial charge in [0.25, 0.3) is 0 Å². The highest BCUT2D eigenvalue weighted by atomic mass is 16.5. The van der Waals surface area contributed by atoms with Crippen molar-refractivity contribution in [3.05, 3.63) is 23.8 Å². The third-order valence-corrected chi connectivity index (χ3v) is 2.95. The number of nitrogens with zero attached hydrogens (tertiary/aromatic N) is 1. The number of hydrogen-bond acceptors (Lipinski definition) is 4. The third-order valence-electron chi connectivity index (χ3n) is 2.95. The minimum Gasteiger partial charge on any atom is -0.496 e. The topological polar surface area (TPSA) is 52.9 Å². The average Bonchev–Trinajstić information content (AvgIpc) is 2.34. The summed E-state index contributed by atoms with van der Waals surface area (Å²) >= 11 is 0. The highest BCUT2D eigenvalue weighted by Gasteiger charge is 2.20. The molecule has 102 valence electrons. The van der Waals surface area contributed by atoms with E-state index in [-0.39, 0.29) is 12.6 Å². The molecular weight excluding hydrogens is 230 g/mol. The second-order valence-electron chi connectivity index (χ2n) is 4.58. The molecule has 0 aliphatic rings. The molecule has 0 saturated heterocycles. The SMILES string of the molecule is COc1cccc(N(CCO)C(C)C)c1[C@H](C)O. The standard InChI is InChI=1S/C14H23NO3/c1-10(2)15(8-9-16)12-6-5-7-13(18-4)14(12)11(3)17/h5-7,10-11,16-17H,8-9H2,1-4H3/t11-/m0/s1. The maximum Gasteiger partial charge on any atom is 0.126 e. The summed E-state index contributed by atoms with van der Waals surface area (Å²) in [6.45, 7) is 6.44. The molecule has 0 heterocycles. The molecule has 1 atom stereocenters. The van der Waals surface area contributed by atoms with Crippen molar-refractivity contribution in [2.75, 3.05) is 25.2 Å². The third kappa shape index (κ3) is 3.15. The van der Waals surface area contributed by atoms with Crippen LogP contribution in [0.15, 0.2) is 18.2 Å². The van der Waals surface area contributed by atoms with Crippen molar-refractivity contribution in [3.8, 4) is 5.75 Å². The summed E-state index contributed by atoms with van der Waals surface area (Å²) in [6.07, 6.45) is -0.615. The maximum atomic E-state index is 9.95. The lowest BCUT2D eigenvalue weighted by Gasteiger charge is -2.31. The summed E-state index contributed by atoms with van der Waals surface area (Å²) in [5.41, 5.74) is 1.68. The molecule has 0 amide bonds. The van der Waals surface area contributed by atoms with Crippen molar-refractivity contribution < 1.29 is 14.9 Å². The molecule has 0 unspecified atom stereocenters. The molecule has 2 N–H and O–H groups in total. The van der Waals surface area contributed by atoms with E-state index in [0.717, 1.165) is 11.3 Å². The van der Waals surface area contributed by atoms with E-state index < -0.39 is 6.10 Å². The number of ether oxygens (including phenoxy) is 1. The molecule has 0 spiro atoms. The Hall–Kier alpha value is -1.26. The van der Waals surface area contributed by atoms with E-state index in [9.17, 15) is 5.11 Å². The van der Waals surface area contributed by atoms with Gasteiger partial charge >= 0.3 is 0 Å². The molecule has 0 aromatic heterocycles. The molecule has 0 fully saturated rings. The first-order chi connectivity index (χ1) is 8.52. The van der Waals surface area contributed by atoms with Gasteiger partial charge < -0.3 is 19.8 Å². The van der Waals surface area contributed by atoms with E-state index in [1.54, 1.807) is 14.0 Å². The summed E-state index contributed by atoms with van der Waals surface area (Å²) in [6, 6.07) is 5.91. The van der Waals surface area contributed by atoms with Gasteiger partial charge in [-0.2, -0.15) is 0 Å². The van der Waals surface area contributed by atoms with E-state index in [1.807, 2.05) is 18.2 Å². The molecule has 4 heteroatoms. The fraction of sp³-hybridized carbons (Fsp3) is 0.571.